The van der Waals surface area contributed by atoms with Gasteiger partial charge in [0.25, 0.3) is 0 Å². The summed E-state index contributed by atoms with van der Waals surface area (Å²) in [6, 6.07) is 2.98. The number of nitrogens with zero attached hydrogens (tertiary/aromatic N) is 1. The topological polar surface area (TPSA) is 40.7 Å². The monoisotopic (exact) mass is 327 g/mol. The molecular weight excluding hydrogens is 310 g/mol. The van der Waals surface area contributed by atoms with Gasteiger partial charge in [0.05, 0.1) is 17.5 Å². The number of aromatic nitrogens is 2. The highest BCUT2D eigenvalue weighted by molar-refractivity contribution is 5.60. The number of rotatable bonds is 2. The van der Waals surface area contributed by atoms with E-state index in [2.05, 4.69) is 22.2 Å². The zero-order valence-electron chi connectivity index (χ0n) is 12.5. The van der Waals surface area contributed by atoms with E-state index in [1.54, 1.807) is 0 Å². The Labute approximate surface area is 131 Å². The van der Waals surface area contributed by atoms with E-state index in [4.69, 9.17) is 0 Å². The molecule has 0 radical (unpaired) electrons. The molecular formula is C16H17F4N3. The highest BCUT2D eigenvalue weighted by Crippen LogP contribution is 2.35. The van der Waals surface area contributed by atoms with Crippen molar-refractivity contribution in [3.05, 3.63) is 41.6 Å². The van der Waals surface area contributed by atoms with Gasteiger partial charge in [-0.2, -0.15) is 13.2 Å². The van der Waals surface area contributed by atoms with E-state index >= 15 is 0 Å². The Hall–Kier alpha value is -1.89. The van der Waals surface area contributed by atoms with Crippen LogP contribution in [0.25, 0.3) is 11.3 Å². The Balaban J connectivity index is 1.91. The molecule has 0 aliphatic carbocycles. The minimum absolute atomic E-state index is 0.243. The molecule has 0 spiro atoms. The summed E-state index contributed by atoms with van der Waals surface area (Å²) >= 11 is 0. The van der Waals surface area contributed by atoms with Crippen molar-refractivity contribution in [2.75, 3.05) is 13.1 Å². The molecule has 0 amide bonds. The van der Waals surface area contributed by atoms with Gasteiger partial charge in [-0.3, -0.25) is 0 Å². The van der Waals surface area contributed by atoms with Gasteiger partial charge in [0.1, 0.15) is 11.6 Å². The van der Waals surface area contributed by atoms with Crippen LogP contribution in [0.3, 0.4) is 0 Å². The molecule has 2 aromatic rings. The zero-order valence-corrected chi connectivity index (χ0v) is 12.5. The Morgan fingerprint density at radius 1 is 1.26 bits per heavy atom. The van der Waals surface area contributed by atoms with Gasteiger partial charge >= 0.3 is 6.18 Å². The van der Waals surface area contributed by atoms with Crippen LogP contribution < -0.4 is 5.32 Å². The van der Waals surface area contributed by atoms with Crippen molar-refractivity contribution in [3.63, 3.8) is 0 Å². The summed E-state index contributed by atoms with van der Waals surface area (Å²) in [6.07, 6.45) is -2.28. The lowest BCUT2D eigenvalue weighted by Gasteiger charge is -2.27. The summed E-state index contributed by atoms with van der Waals surface area (Å²) in [5, 5.41) is 3.29. The molecule has 1 fully saturated rings. The summed E-state index contributed by atoms with van der Waals surface area (Å²) < 4.78 is 51.8. The summed E-state index contributed by atoms with van der Waals surface area (Å²) in [6.45, 7) is 3.88. The number of nitrogens with one attached hydrogen (secondary N) is 2. The predicted octanol–water partition coefficient (Wildman–Crippen LogP) is 3.95. The van der Waals surface area contributed by atoms with E-state index < -0.39 is 17.6 Å². The van der Waals surface area contributed by atoms with Gasteiger partial charge in [-0.25, -0.2) is 9.37 Å². The third kappa shape index (κ3) is 3.24. The first-order valence-electron chi connectivity index (χ1n) is 7.49. The number of piperidine rings is 1. The van der Waals surface area contributed by atoms with Crippen LogP contribution in [0.1, 0.15) is 30.7 Å². The van der Waals surface area contributed by atoms with Crippen molar-refractivity contribution in [3.8, 4) is 11.3 Å². The van der Waals surface area contributed by atoms with Gasteiger partial charge in [0, 0.05) is 11.5 Å². The number of imidazole rings is 1. The van der Waals surface area contributed by atoms with Crippen LogP contribution in [0.4, 0.5) is 17.6 Å². The lowest BCUT2D eigenvalue weighted by atomic mass is 9.87. The smallest absolute Gasteiger partial charge is 0.342 e. The molecule has 2 N–H and O–H groups in total. The van der Waals surface area contributed by atoms with Crippen LogP contribution in [0, 0.1) is 11.7 Å². The zero-order chi connectivity index (χ0) is 16.6. The molecule has 2 unspecified atom stereocenters. The molecule has 2 atom stereocenters. The first-order valence-corrected chi connectivity index (χ1v) is 7.49. The average molecular weight is 327 g/mol. The van der Waals surface area contributed by atoms with Gasteiger partial charge in [-0.05, 0) is 43.6 Å². The second kappa shape index (κ2) is 5.96. The van der Waals surface area contributed by atoms with Crippen LogP contribution in [-0.4, -0.2) is 23.1 Å². The van der Waals surface area contributed by atoms with Gasteiger partial charge in [-0.15, -0.1) is 0 Å². The molecule has 3 rings (SSSR count). The van der Waals surface area contributed by atoms with Gasteiger partial charge in [0.2, 0.25) is 0 Å². The molecule has 1 aliphatic rings. The van der Waals surface area contributed by atoms with E-state index in [1.165, 1.54) is 12.3 Å². The van der Waals surface area contributed by atoms with E-state index in [-0.39, 0.29) is 11.5 Å². The molecule has 23 heavy (non-hydrogen) atoms. The molecule has 2 heterocycles. The van der Waals surface area contributed by atoms with Crippen molar-refractivity contribution >= 4 is 0 Å². The molecule has 1 saturated heterocycles. The van der Waals surface area contributed by atoms with Crippen molar-refractivity contribution in [2.24, 2.45) is 5.92 Å². The molecule has 124 valence electrons. The van der Waals surface area contributed by atoms with Crippen LogP contribution in [0.15, 0.2) is 24.4 Å². The normalized spacial score (nSPS) is 22.3. The van der Waals surface area contributed by atoms with Gasteiger partial charge in [0.15, 0.2) is 0 Å². The maximum absolute atomic E-state index is 13.4. The maximum atomic E-state index is 13.4. The van der Waals surface area contributed by atoms with Gasteiger partial charge in [-0.1, -0.05) is 6.92 Å². The first kappa shape index (κ1) is 16.0. The number of aromatic amines is 1. The molecule has 7 heteroatoms. The quantitative estimate of drug-likeness (QED) is 0.820. The number of alkyl halides is 3. The van der Waals surface area contributed by atoms with Crippen LogP contribution in [-0.2, 0) is 6.18 Å². The average Bonchev–Trinajstić information content (AvgIpc) is 2.96. The largest absolute Gasteiger partial charge is 0.419 e. The predicted molar refractivity (Wildman–Crippen MR) is 78.4 cm³/mol. The third-order valence-electron chi connectivity index (χ3n) is 4.31. The Morgan fingerprint density at radius 2 is 2.04 bits per heavy atom. The maximum Gasteiger partial charge on any atom is 0.419 e. The van der Waals surface area contributed by atoms with E-state index in [1.807, 2.05) is 0 Å². The first-order chi connectivity index (χ1) is 10.9. The molecule has 0 bridgehead atoms. The van der Waals surface area contributed by atoms with Crippen LogP contribution in [0.2, 0.25) is 0 Å². The second-order valence-electron chi connectivity index (χ2n) is 5.95. The molecule has 1 aromatic carbocycles. The Kier molecular flexibility index (Phi) is 4.14. The highest BCUT2D eigenvalue weighted by Gasteiger charge is 2.34. The number of H-pyrrole nitrogens is 1. The SMILES string of the molecule is CC1CNCCC1c1ncc(-c2ccc(F)c(C(F)(F)F)c2)[nH]1. The number of hydrogen-bond acceptors (Lipinski definition) is 2. The Bertz CT molecular complexity index is 693. The molecule has 1 aromatic heterocycles. The van der Waals surface area contributed by atoms with E-state index in [0.29, 0.717) is 11.6 Å². The highest BCUT2D eigenvalue weighted by atomic mass is 19.4. The van der Waals surface area contributed by atoms with Crippen molar-refractivity contribution < 1.29 is 17.6 Å². The second-order valence-corrected chi connectivity index (χ2v) is 5.95. The lowest BCUT2D eigenvalue weighted by molar-refractivity contribution is -0.139. The van der Waals surface area contributed by atoms with Crippen LogP contribution in [0.5, 0.6) is 0 Å². The number of hydrogen-bond donors (Lipinski definition) is 2. The van der Waals surface area contributed by atoms with Crippen molar-refractivity contribution in [1.82, 2.24) is 15.3 Å². The fraction of sp³-hybridized carbons (Fsp3) is 0.438. The van der Waals surface area contributed by atoms with E-state index in [9.17, 15) is 17.6 Å². The van der Waals surface area contributed by atoms with Crippen molar-refractivity contribution in [1.29, 1.82) is 0 Å². The fourth-order valence-electron chi connectivity index (χ4n) is 3.00. The van der Waals surface area contributed by atoms with E-state index in [0.717, 1.165) is 37.5 Å². The molecule has 1 aliphatic heterocycles. The summed E-state index contributed by atoms with van der Waals surface area (Å²) in [4.78, 5) is 7.42. The molecule has 3 nitrogen and oxygen atoms in total. The van der Waals surface area contributed by atoms with Crippen LogP contribution >= 0.6 is 0 Å². The summed E-state index contributed by atoms with van der Waals surface area (Å²) in [5.74, 6) is 0.133. The summed E-state index contributed by atoms with van der Waals surface area (Å²) in [5.41, 5.74) is -0.517. The number of benzene rings is 1. The minimum atomic E-state index is -4.72. The number of halogens is 4. The Morgan fingerprint density at radius 3 is 2.74 bits per heavy atom. The molecule has 0 saturated carbocycles. The minimum Gasteiger partial charge on any atom is -0.342 e. The van der Waals surface area contributed by atoms with Gasteiger partial charge < -0.3 is 10.3 Å². The lowest BCUT2D eigenvalue weighted by Crippen LogP contribution is -2.34. The van der Waals surface area contributed by atoms with Crippen molar-refractivity contribution in [2.45, 2.75) is 25.4 Å². The third-order valence-corrected chi connectivity index (χ3v) is 4.31. The fourth-order valence-corrected chi connectivity index (χ4v) is 3.00. The standard InChI is InChI=1S/C16H17F4N3/c1-9-7-21-5-4-11(9)15-22-8-14(23-15)10-2-3-13(17)12(6-10)16(18,19)20/h2-3,6,8-9,11,21H,4-5,7H2,1H3,(H,22,23). The summed E-state index contributed by atoms with van der Waals surface area (Å²) in [7, 11) is 0.